The van der Waals surface area contributed by atoms with Crippen LogP contribution in [0.25, 0.3) is 0 Å². The van der Waals surface area contributed by atoms with Gasteiger partial charge in [0.05, 0.1) is 11.6 Å². The van der Waals surface area contributed by atoms with E-state index < -0.39 is 0 Å². The van der Waals surface area contributed by atoms with Crippen LogP contribution in [0.2, 0.25) is 5.02 Å². The number of hydrogen-bond donors (Lipinski definition) is 2. The Morgan fingerprint density at radius 3 is 3.04 bits per heavy atom. The topological polar surface area (TPSA) is 52.6 Å². The fraction of sp³-hybridized carbons (Fsp3) is 0.368. The molecule has 0 aliphatic carbocycles. The first-order valence-corrected chi connectivity index (χ1v) is 9.18. The van der Waals surface area contributed by atoms with Crippen molar-refractivity contribution in [3.63, 3.8) is 0 Å². The normalized spacial score (nSPS) is 17.4. The van der Waals surface area contributed by atoms with E-state index in [1.807, 2.05) is 25.1 Å². The lowest BCUT2D eigenvalue weighted by Gasteiger charge is -2.20. The van der Waals surface area contributed by atoms with Crippen LogP contribution in [0, 0.1) is 5.82 Å². The molecule has 1 aliphatic heterocycles. The van der Waals surface area contributed by atoms with Gasteiger partial charge in [0.2, 0.25) is 0 Å². The van der Waals surface area contributed by atoms with Gasteiger partial charge in [-0.3, -0.25) is 0 Å². The summed E-state index contributed by atoms with van der Waals surface area (Å²) in [4.78, 5) is 11.1. The van der Waals surface area contributed by atoms with Crippen LogP contribution < -0.4 is 15.5 Å². The van der Waals surface area contributed by atoms with Gasteiger partial charge in [-0.05, 0) is 43.2 Å². The zero-order valence-electron chi connectivity index (χ0n) is 14.8. The smallest absolute Gasteiger partial charge is 0.191 e. The molecule has 1 aliphatic rings. The molecule has 0 spiro atoms. The molecule has 0 radical (unpaired) electrons. The number of anilines is 1. The molecule has 1 aromatic carbocycles. The summed E-state index contributed by atoms with van der Waals surface area (Å²) >= 11 is 6.25. The summed E-state index contributed by atoms with van der Waals surface area (Å²) in [6, 6.07) is 10.5. The molecule has 1 fully saturated rings. The van der Waals surface area contributed by atoms with Crippen molar-refractivity contribution >= 4 is 23.4 Å². The Labute approximate surface area is 158 Å². The first-order chi connectivity index (χ1) is 12.7. The number of nitrogens with one attached hydrogen (secondary N) is 2. The third kappa shape index (κ3) is 4.85. The second-order valence-corrected chi connectivity index (χ2v) is 6.62. The Morgan fingerprint density at radius 1 is 1.38 bits per heavy atom. The largest absolute Gasteiger partial charge is 0.357 e. The maximum absolute atomic E-state index is 13.3. The molecule has 7 heteroatoms. The highest BCUT2D eigenvalue weighted by atomic mass is 35.5. The van der Waals surface area contributed by atoms with E-state index in [1.165, 1.54) is 12.1 Å². The number of guanidine groups is 1. The molecule has 0 amide bonds. The Hall–Kier alpha value is -2.34. The van der Waals surface area contributed by atoms with Gasteiger partial charge in [-0.2, -0.15) is 0 Å². The molecule has 138 valence electrons. The van der Waals surface area contributed by atoms with Crippen molar-refractivity contribution in [3.8, 4) is 0 Å². The fourth-order valence-corrected chi connectivity index (χ4v) is 3.24. The van der Waals surface area contributed by atoms with E-state index in [0.717, 1.165) is 43.4 Å². The van der Waals surface area contributed by atoms with E-state index in [-0.39, 0.29) is 11.9 Å². The Balaban J connectivity index is 1.61. The summed E-state index contributed by atoms with van der Waals surface area (Å²) in [5.41, 5.74) is 0.843. The predicted molar refractivity (Wildman–Crippen MR) is 104 cm³/mol. The van der Waals surface area contributed by atoms with E-state index in [9.17, 15) is 4.39 Å². The number of halogens is 2. The number of pyridine rings is 1. The molecular formula is C19H23ClFN5. The maximum atomic E-state index is 13.3. The summed E-state index contributed by atoms with van der Waals surface area (Å²) in [5, 5.41) is 7.37. The van der Waals surface area contributed by atoms with Crippen LogP contribution in [-0.4, -0.2) is 36.6 Å². The zero-order valence-corrected chi connectivity index (χ0v) is 15.5. The van der Waals surface area contributed by atoms with E-state index in [2.05, 4.69) is 25.5 Å². The van der Waals surface area contributed by atoms with Crippen molar-refractivity contribution in [3.05, 3.63) is 59.0 Å². The summed E-state index contributed by atoms with van der Waals surface area (Å²) in [6.07, 6.45) is 2.73. The Morgan fingerprint density at radius 2 is 2.27 bits per heavy atom. The molecule has 3 rings (SSSR count). The van der Waals surface area contributed by atoms with Crippen molar-refractivity contribution in [1.29, 1.82) is 0 Å². The Bertz CT molecular complexity index is 767. The number of aromatic nitrogens is 1. The Kier molecular flexibility index (Phi) is 6.28. The number of benzene rings is 1. The second kappa shape index (κ2) is 8.85. The third-order valence-corrected chi connectivity index (χ3v) is 4.52. The van der Waals surface area contributed by atoms with E-state index in [1.54, 1.807) is 12.3 Å². The van der Waals surface area contributed by atoms with Crippen LogP contribution in [0.3, 0.4) is 0 Å². The minimum atomic E-state index is -0.241. The number of hydrogen-bond acceptors (Lipinski definition) is 3. The average Bonchev–Trinajstić information content (AvgIpc) is 3.09. The predicted octanol–water partition coefficient (Wildman–Crippen LogP) is 3.21. The lowest BCUT2D eigenvalue weighted by atomic mass is 10.2. The van der Waals surface area contributed by atoms with Crippen molar-refractivity contribution in [2.24, 2.45) is 4.99 Å². The quantitative estimate of drug-likeness (QED) is 0.622. The number of nitrogens with zero attached hydrogens (tertiary/aromatic N) is 3. The SMILES string of the molecule is CCNC(=NCc1cccc(F)c1)NC1CCN(c2ncccc2Cl)C1. The van der Waals surface area contributed by atoms with Crippen LogP contribution in [0.1, 0.15) is 18.9 Å². The highest BCUT2D eigenvalue weighted by Gasteiger charge is 2.25. The lowest BCUT2D eigenvalue weighted by Crippen LogP contribution is -2.44. The summed E-state index contributed by atoms with van der Waals surface area (Å²) in [6.45, 7) is 4.90. The lowest BCUT2D eigenvalue weighted by molar-refractivity contribution is 0.625. The first-order valence-electron chi connectivity index (χ1n) is 8.80. The molecule has 1 saturated heterocycles. The van der Waals surface area contributed by atoms with Gasteiger partial charge in [-0.15, -0.1) is 0 Å². The van der Waals surface area contributed by atoms with Crippen LogP contribution >= 0.6 is 11.6 Å². The van der Waals surface area contributed by atoms with Gasteiger partial charge in [0.15, 0.2) is 5.96 Å². The van der Waals surface area contributed by atoms with E-state index in [4.69, 9.17) is 11.6 Å². The highest BCUT2D eigenvalue weighted by molar-refractivity contribution is 6.32. The van der Waals surface area contributed by atoms with Gasteiger partial charge in [-0.1, -0.05) is 23.7 Å². The molecule has 2 heterocycles. The maximum Gasteiger partial charge on any atom is 0.191 e. The average molecular weight is 376 g/mol. The minimum absolute atomic E-state index is 0.241. The van der Waals surface area contributed by atoms with Gasteiger partial charge in [-0.25, -0.2) is 14.4 Å². The van der Waals surface area contributed by atoms with Gasteiger partial charge >= 0.3 is 0 Å². The van der Waals surface area contributed by atoms with Crippen molar-refractivity contribution in [1.82, 2.24) is 15.6 Å². The number of aliphatic imine (C=N–C) groups is 1. The van der Waals surface area contributed by atoms with Crippen molar-refractivity contribution < 1.29 is 4.39 Å². The standard InChI is InChI=1S/C19H23ClFN5/c1-2-22-19(24-12-14-5-3-6-15(21)11-14)25-16-8-10-26(13-16)18-17(20)7-4-9-23-18/h3-7,9,11,16H,2,8,10,12-13H2,1H3,(H2,22,24,25). The third-order valence-electron chi connectivity index (χ3n) is 4.22. The summed E-state index contributed by atoms with van der Waals surface area (Å²) in [5.74, 6) is 1.31. The van der Waals surface area contributed by atoms with Crippen LogP contribution in [0.4, 0.5) is 10.2 Å². The molecule has 5 nitrogen and oxygen atoms in total. The van der Waals surface area contributed by atoms with Gasteiger partial charge in [0, 0.05) is 31.9 Å². The van der Waals surface area contributed by atoms with Gasteiger partial charge < -0.3 is 15.5 Å². The van der Waals surface area contributed by atoms with Gasteiger partial charge in [0.25, 0.3) is 0 Å². The molecule has 0 bridgehead atoms. The van der Waals surface area contributed by atoms with Crippen LogP contribution in [0.5, 0.6) is 0 Å². The molecule has 1 unspecified atom stereocenters. The molecule has 2 N–H and O–H groups in total. The molecule has 1 aromatic heterocycles. The van der Waals surface area contributed by atoms with Crippen LogP contribution in [-0.2, 0) is 6.54 Å². The second-order valence-electron chi connectivity index (χ2n) is 6.21. The van der Waals surface area contributed by atoms with Gasteiger partial charge in [0.1, 0.15) is 11.6 Å². The monoisotopic (exact) mass is 375 g/mol. The molecule has 0 saturated carbocycles. The minimum Gasteiger partial charge on any atom is -0.357 e. The first kappa shape index (κ1) is 18.5. The molecule has 2 aromatic rings. The van der Waals surface area contributed by atoms with Crippen molar-refractivity contribution in [2.75, 3.05) is 24.5 Å². The molecular weight excluding hydrogens is 353 g/mol. The summed E-state index contributed by atoms with van der Waals surface area (Å²) < 4.78 is 13.3. The summed E-state index contributed by atoms with van der Waals surface area (Å²) in [7, 11) is 0. The van der Waals surface area contributed by atoms with E-state index in [0.29, 0.717) is 11.6 Å². The van der Waals surface area contributed by atoms with Crippen LogP contribution in [0.15, 0.2) is 47.6 Å². The molecule has 1 atom stereocenters. The van der Waals surface area contributed by atoms with Crippen molar-refractivity contribution in [2.45, 2.75) is 25.9 Å². The van der Waals surface area contributed by atoms with E-state index >= 15 is 0 Å². The number of rotatable bonds is 5. The molecule has 26 heavy (non-hydrogen) atoms. The fourth-order valence-electron chi connectivity index (χ4n) is 3.00. The highest BCUT2D eigenvalue weighted by Crippen LogP contribution is 2.25. The zero-order chi connectivity index (χ0) is 18.4.